The Morgan fingerprint density at radius 1 is 1.38 bits per heavy atom. The average molecular weight is 450 g/mol. The van der Waals surface area contributed by atoms with Crippen LogP contribution in [0.4, 0.5) is 0 Å². The Morgan fingerprint density at radius 2 is 2.00 bits per heavy atom. The van der Waals surface area contributed by atoms with Crippen molar-refractivity contribution in [2.75, 3.05) is 0 Å². The molecule has 16 heavy (non-hydrogen) atoms. The summed E-state index contributed by atoms with van der Waals surface area (Å²) < 4.78 is 12.7. The molecule has 1 aliphatic carbocycles. The van der Waals surface area contributed by atoms with Crippen LogP contribution >= 0.6 is 0 Å². The Hall–Kier alpha value is 0.850. The molecule has 0 aromatic carbocycles. The molecule has 2 N–H and O–H groups in total. The van der Waals surface area contributed by atoms with Gasteiger partial charge in [0.2, 0.25) is 0 Å². The first-order chi connectivity index (χ1) is 7.65. The zero-order chi connectivity index (χ0) is 11.2. The third-order valence-electron chi connectivity index (χ3n) is 3.41. The number of nitrogens with one attached hydrogen (secondary N) is 2. The van der Waals surface area contributed by atoms with Crippen LogP contribution in [-0.2, 0) is 9.53 Å². The second-order valence-corrected chi connectivity index (χ2v) is 10.2. The van der Waals surface area contributed by atoms with Gasteiger partial charge in [-0.2, -0.15) is 0 Å². The molecule has 0 bridgehead atoms. The van der Waals surface area contributed by atoms with Crippen molar-refractivity contribution in [2.24, 2.45) is 0 Å². The molecule has 4 nitrogen and oxygen atoms in total. The SMILES string of the molecule is CC1(OC(=O)C2(C3N[I-]3)N[I-]2)CCCCC1. The van der Waals surface area contributed by atoms with Crippen molar-refractivity contribution in [3.05, 3.63) is 0 Å². The fraction of sp³-hybridized carbons (Fsp3) is 0.900. The summed E-state index contributed by atoms with van der Waals surface area (Å²) in [4.78, 5) is 12.2. The molecule has 6 heteroatoms. The molecule has 3 aliphatic rings. The number of hydrogen-bond donors (Lipinski definition) is 2. The van der Waals surface area contributed by atoms with E-state index in [4.69, 9.17) is 4.74 Å². The molecule has 3 rings (SSSR count). The van der Waals surface area contributed by atoms with Gasteiger partial charge in [0.1, 0.15) is 0 Å². The van der Waals surface area contributed by atoms with Crippen molar-refractivity contribution in [1.29, 1.82) is 0 Å². The number of hydrogen-bond acceptors (Lipinski definition) is 4. The van der Waals surface area contributed by atoms with Crippen LogP contribution in [-0.4, -0.2) is 19.2 Å². The zero-order valence-corrected chi connectivity index (χ0v) is 13.5. The quantitative estimate of drug-likeness (QED) is 0.113. The summed E-state index contributed by atoms with van der Waals surface area (Å²) in [6.45, 7) is 2.10. The second kappa shape index (κ2) is 4.20. The normalized spacial score (nSPS) is 41.2. The molecular weight excluding hydrogens is 434 g/mol. The van der Waals surface area contributed by atoms with E-state index in [1.165, 1.54) is 19.3 Å². The summed E-state index contributed by atoms with van der Waals surface area (Å²) in [5, 5.41) is 0. The minimum atomic E-state index is -0.216. The van der Waals surface area contributed by atoms with Crippen molar-refractivity contribution < 1.29 is 52.5 Å². The minimum absolute atomic E-state index is 0.0411. The van der Waals surface area contributed by atoms with Gasteiger partial charge in [-0.25, -0.2) is 0 Å². The summed E-state index contributed by atoms with van der Waals surface area (Å²) in [6, 6.07) is 0. The van der Waals surface area contributed by atoms with E-state index in [0.717, 1.165) is 12.8 Å². The van der Waals surface area contributed by atoms with Crippen molar-refractivity contribution in [1.82, 2.24) is 7.06 Å². The van der Waals surface area contributed by atoms with Gasteiger partial charge in [-0.3, -0.25) is 0 Å². The van der Waals surface area contributed by atoms with Crippen molar-refractivity contribution in [2.45, 2.75) is 52.2 Å². The maximum atomic E-state index is 12.2. The maximum absolute atomic E-state index is 12.2. The molecule has 2 aliphatic heterocycles. The van der Waals surface area contributed by atoms with Crippen LogP contribution in [0.3, 0.4) is 0 Å². The van der Waals surface area contributed by atoms with Gasteiger partial charge >= 0.3 is 118 Å². The Labute approximate surface area is 117 Å². The molecule has 3 fully saturated rings. The van der Waals surface area contributed by atoms with Crippen LogP contribution < -0.4 is 50.0 Å². The standard InChI is InChI=1S/C10H16I2N2O2/c1-9(5-3-2-4-6-9)16-8(15)10(12-14-10)7-11-13-7/h7,13-14H,2-6H2,1H3/q-2. The molecule has 1 saturated carbocycles. The molecule has 0 amide bonds. The average Bonchev–Trinajstić information content (AvgIpc) is 3.11. The zero-order valence-electron chi connectivity index (χ0n) is 9.19. The van der Waals surface area contributed by atoms with Crippen LogP contribution in [0.15, 0.2) is 0 Å². The van der Waals surface area contributed by atoms with E-state index in [-0.39, 0.29) is 58.1 Å². The Bertz CT molecular complexity index is 310. The Morgan fingerprint density at radius 3 is 2.50 bits per heavy atom. The molecule has 0 aromatic rings. The number of halogens is 2. The number of carbonyl (C=O) groups excluding carboxylic acids is 1. The molecule has 2 heterocycles. The van der Waals surface area contributed by atoms with Crippen LogP contribution in [0.2, 0.25) is 0 Å². The van der Waals surface area contributed by atoms with E-state index in [1.54, 1.807) is 0 Å². The van der Waals surface area contributed by atoms with Crippen molar-refractivity contribution in [3.8, 4) is 0 Å². The van der Waals surface area contributed by atoms with Gasteiger partial charge in [-0.05, 0) is 0 Å². The van der Waals surface area contributed by atoms with Crippen molar-refractivity contribution in [3.63, 3.8) is 0 Å². The summed E-state index contributed by atoms with van der Waals surface area (Å²) in [6.07, 6.45) is 5.78. The molecule has 94 valence electrons. The van der Waals surface area contributed by atoms with Crippen LogP contribution in [0, 0.1) is 0 Å². The van der Waals surface area contributed by atoms with Crippen molar-refractivity contribution >= 4 is 5.97 Å². The topological polar surface area (TPSA) is 70.2 Å². The molecule has 2 saturated heterocycles. The fourth-order valence-corrected chi connectivity index (χ4v) is 8.05. The molecule has 2 atom stereocenters. The van der Waals surface area contributed by atoms with E-state index < -0.39 is 0 Å². The molecule has 0 aromatic heterocycles. The van der Waals surface area contributed by atoms with Crippen LogP contribution in [0.5, 0.6) is 0 Å². The summed E-state index contributed by atoms with van der Waals surface area (Å²) in [5.41, 5.74) is -0.177. The summed E-state index contributed by atoms with van der Waals surface area (Å²) in [7, 11) is 0. The van der Waals surface area contributed by atoms with E-state index in [9.17, 15) is 4.79 Å². The first kappa shape index (κ1) is 11.9. The first-order valence-corrected chi connectivity index (χ1v) is 10.2. The van der Waals surface area contributed by atoms with Gasteiger partial charge < -0.3 is 0 Å². The predicted molar refractivity (Wildman–Crippen MR) is 50.4 cm³/mol. The van der Waals surface area contributed by atoms with E-state index in [0.29, 0.717) is 4.05 Å². The van der Waals surface area contributed by atoms with E-state index >= 15 is 0 Å². The van der Waals surface area contributed by atoms with Gasteiger partial charge in [0.25, 0.3) is 0 Å². The number of rotatable bonds is 3. The first-order valence-electron chi connectivity index (χ1n) is 5.68. The Balaban J connectivity index is 1.63. The van der Waals surface area contributed by atoms with Crippen LogP contribution in [0.25, 0.3) is 0 Å². The predicted octanol–water partition coefficient (Wildman–Crippen LogP) is -5.51. The number of esters is 1. The Kier molecular flexibility index (Phi) is 3.13. The van der Waals surface area contributed by atoms with E-state index in [1.807, 2.05) is 0 Å². The fourth-order valence-electron chi connectivity index (χ4n) is 2.21. The summed E-state index contributed by atoms with van der Waals surface area (Å²) in [5.74, 6) is 0.0411. The second-order valence-electron chi connectivity index (χ2n) is 4.88. The van der Waals surface area contributed by atoms with Crippen LogP contribution in [0.1, 0.15) is 39.0 Å². The third-order valence-corrected chi connectivity index (χ3v) is 9.55. The monoisotopic (exact) mass is 450 g/mol. The number of carbonyl (C=O) groups is 1. The molecule has 0 spiro atoms. The van der Waals surface area contributed by atoms with Gasteiger partial charge in [0.15, 0.2) is 0 Å². The molecule has 0 radical (unpaired) electrons. The van der Waals surface area contributed by atoms with Gasteiger partial charge in [0.05, 0.1) is 0 Å². The van der Waals surface area contributed by atoms with Gasteiger partial charge in [-0.15, -0.1) is 0 Å². The molecular formula is C10H16I2N2O2-2. The number of alkyl halides is 2. The summed E-state index contributed by atoms with van der Waals surface area (Å²) >= 11 is -0.0562. The van der Waals surface area contributed by atoms with Gasteiger partial charge in [-0.1, -0.05) is 0 Å². The van der Waals surface area contributed by atoms with E-state index in [2.05, 4.69) is 14.0 Å². The number of ether oxygens (including phenoxy) is 1. The molecule has 2 unspecified atom stereocenters. The van der Waals surface area contributed by atoms with Gasteiger partial charge in [0, 0.05) is 0 Å². The third kappa shape index (κ3) is 2.22.